The second-order valence-electron chi connectivity index (χ2n) is 15.5. The second-order valence-corrected chi connectivity index (χ2v) is 18.5. The summed E-state index contributed by atoms with van der Waals surface area (Å²) in [5.41, 5.74) is 2.80. The van der Waals surface area contributed by atoms with E-state index in [2.05, 4.69) is 72.2 Å². The number of alkyl halides is 1. The Morgan fingerprint density at radius 3 is 2.41 bits per heavy atom. The minimum atomic E-state index is -0.744. The fourth-order valence-corrected chi connectivity index (χ4v) is 10.4. The molecule has 12 nitrogen and oxygen atoms in total. The van der Waals surface area contributed by atoms with Crippen LogP contribution in [0.3, 0.4) is 0 Å². The van der Waals surface area contributed by atoms with Gasteiger partial charge in [-0.2, -0.15) is 0 Å². The van der Waals surface area contributed by atoms with Crippen LogP contribution < -0.4 is 5.32 Å². The van der Waals surface area contributed by atoms with Crippen LogP contribution in [-0.2, 0) is 14.3 Å². The zero-order chi connectivity index (χ0) is 37.9. The van der Waals surface area contributed by atoms with Gasteiger partial charge < -0.3 is 29.7 Å². The highest BCUT2D eigenvalue weighted by atomic mass is 127. The molecule has 8 rings (SSSR count). The summed E-state index contributed by atoms with van der Waals surface area (Å²) in [5, 5.41) is 4.80. The number of aromatic amines is 2. The number of ether oxygens (including phenoxy) is 2. The predicted molar refractivity (Wildman–Crippen MR) is 213 cm³/mol. The molecular formula is C41H42IN7O5. The van der Waals surface area contributed by atoms with Gasteiger partial charge >= 0.3 is 12.2 Å². The van der Waals surface area contributed by atoms with Crippen molar-refractivity contribution in [3.63, 3.8) is 0 Å². The highest BCUT2D eigenvalue weighted by Crippen LogP contribution is 2.46. The number of nitrogens with zero attached hydrogens (tertiary/aromatic N) is 4. The molecule has 2 saturated heterocycles. The summed E-state index contributed by atoms with van der Waals surface area (Å²) in [6.07, 6.45) is 4.17. The number of carbonyl (C=O) groups is 3. The van der Waals surface area contributed by atoms with Crippen molar-refractivity contribution >= 4 is 53.6 Å². The second kappa shape index (κ2) is 13.9. The Hall–Kier alpha value is -5.15. The van der Waals surface area contributed by atoms with Crippen LogP contribution in [-0.4, -0.2) is 86.6 Å². The molecule has 54 heavy (non-hydrogen) atoms. The third kappa shape index (κ3) is 6.74. The van der Waals surface area contributed by atoms with Crippen molar-refractivity contribution in [2.75, 3.05) is 7.11 Å². The third-order valence-corrected chi connectivity index (χ3v) is 13.6. The van der Waals surface area contributed by atoms with E-state index in [-0.39, 0.29) is 68.7 Å². The van der Waals surface area contributed by atoms with E-state index in [0.29, 0.717) is 21.9 Å². The highest BCUT2D eigenvalue weighted by Gasteiger charge is 2.50. The van der Waals surface area contributed by atoms with Gasteiger partial charge in [-0.25, -0.2) is 19.6 Å². The lowest BCUT2D eigenvalue weighted by Crippen LogP contribution is -2.54. The molecule has 3 amide bonds. The van der Waals surface area contributed by atoms with E-state index in [4.69, 9.17) is 14.5 Å². The number of nitrogens with one attached hydrogen (secondary N) is 3. The molecule has 4 aromatic rings. The van der Waals surface area contributed by atoms with Crippen LogP contribution in [0.5, 0.6) is 0 Å². The molecule has 278 valence electrons. The van der Waals surface area contributed by atoms with E-state index in [1.54, 1.807) is 17.3 Å². The Morgan fingerprint density at radius 2 is 1.70 bits per heavy atom. The number of halogens is 1. The van der Waals surface area contributed by atoms with Gasteiger partial charge in [0.05, 0.1) is 49.2 Å². The SMILES string of the molecule is COC(=O)N[C@H](C(=O)N1[C@@H]2C#C[C@@H]2C[C@H]1c1ncc(-c2ccc3cc(C#Cc4cnc([C@@H]5C[C@H]6I=C[C@H]6N5C(=O)OC(C)(C)C)[nH]4)ccc3c2)[nH]1)C(C)C. The zero-order valence-electron chi connectivity index (χ0n) is 30.9. The summed E-state index contributed by atoms with van der Waals surface area (Å²) in [5.74, 6) is 14.0. The maximum atomic E-state index is 13.9. The molecule has 0 unspecified atom stereocenters. The molecule has 13 heteroatoms. The molecule has 7 atom stereocenters. The van der Waals surface area contributed by atoms with Gasteiger partial charge in [0.15, 0.2) is 0 Å². The van der Waals surface area contributed by atoms with Crippen LogP contribution in [0.15, 0.2) is 48.8 Å². The van der Waals surface area contributed by atoms with E-state index in [1.165, 1.54) is 7.11 Å². The van der Waals surface area contributed by atoms with Crippen LogP contribution in [0.2, 0.25) is 0 Å². The van der Waals surface area contributed by atoms with Gasteiger partial charge in [0.25, 0.3) is 0 Å². The summed E-state index contributed by atoms with van der Waals surface area (Å²) < 4.78 is 13.4. The summed E-state index contributed by atoms with van der Waals surface area (Å²) >= 11 is -0.0136. The van der Waals surface area contributed by atoms with Crippen LogP contribution in [0.4, 0.5) is 9.59 Å². The van der Waals surface area contributed by atoms with E-state index in [9.17, 15) is 14.4 Å². The van der Waals surface area contributed by atoms with Crippen molar-refractivity contribution < 1.29 is 23.9 Å². The topological polar surface area (TPSA) is 146 Å². The summed E-state index contributed by atoms with van der Waals surface area (Å²) in [6, 6.07) is 11.0. The van der Waals surface area contributed by atoms with Crippen LogP contribution in [0, 0.1) is 35.5 Å². The van der Waals surface area contributed by atoms with Gasteiger partial charge in [0.1, 0.15) is 35.0 Å². The number of fused-ring (bicyclic) bond motifs is 3. The number of alkyl carbamates (subject to hydrolysis) is 1. The zero-order valence-corrected chi connectivity index (χ0v) is 33.1. The predicted octanol–water partition coefficient (Wildman–Crippen LogP) is 6.21. The van der Waals surface area contributed by atoms with Crippen molar-refractivity contribution in [3.8, 4) is 34.9 Å². The summed E-state index contributed by atoms with van der Waals surface area (Å²) in [4.78, 5) is 58.9. The van der Waals surface area contributed by atoms with E-state index < -0.39 is 17.7 Å². The Balaban J connectivity index is 0.969. The highest BCUT2D eigenvalue weighted by molar-refractivity contribution is 14.2. The van der Waals surface area contributed by atoms with Crippen LogP contribution >= 0.6 is 20.7 Å². The van der Waals surface area contributed by atoms with Gasteiger partial charge in [0.2, 0.25) is 5.91 Å². The number of H-pyrrole nitrogens is 2. The van der Waals surface area contributed by atoms with Crippen molar-refractivity contribution in [1.82, 2.24) is 35.1 Å². The number of aromatic nitrogens is 4. The molecule has 4 aliphatic rings. The lowest BCUT2D eigenvalue weighted by atomic mass is 9.92. The molecule has 5 heterocycles. The minimum absolute atomic E-state index is 0.0136. The number of methoxy groups -OCH3 is 1. The monoisotopic (exact) mass is 839 g/mol. The number of carbonyl (C=O) groups excluding carboxylic acids is 3. The Bertz CT molecular complexity index is 2320. The van der Waals surface area contributed by atoms with E-state index in [0.717, 1.165) is 39.8 Å². The molecule has 0 saturated carbocycles. The molecule has 0 bridgehead atoms. The fourth-order valence-electron chi connectivity index (χ4n) is 7.53. The van der Waals surface area contributed by atoms with Gasteiger partial charge in [-0.3, -0.25) is 9.69 Å². The number of amides is 3. The van der Waals surface area contributed by atoms with Gasteiger partial charge in [-0.05, 0) is 78.4 Å². The number of hydrogen-bond donors (Lipinski definition) is 3. The average molecular weight is 840 g/mol. The van der Waals surface area contributed by atoms with Crippen molar-refractivity contribution in [2.45, 2.75) is 87.2 Å². The van der Waals surface area contributed by atoms with Gasteiger partial charge in [-0.15, -0.1) is 20.7 Å². The molecule has 3 N–H and O–H groups in total. The Morgan fingerprint density at radius 1 is 0.963 bits per heavy atom. The first-order valence-electron chi connectivity index (χ1n) is 18.2. The average Bonchev–Trinajstić information content (AvgIpc) is 3.89. The van der Waals surface area contributed by atoms with E-state index in [1.807, 2.05) is 51.7 Å². The quantitative estimate of drug-likeness (QED) is 0.119. The third-order valence-electron chi connectivity index (χ3n) is 10.3. The molecule has 2 aromatic heterocycles. The summed E-state index contributed by atoms with van der Waals surface area (Å²) in [7, 11) is 1.29. The minimum Gasteiger partial charge on any atom is -0.453 e. The van der Waals surface area contributed by atoms with Crippen LogP contribution in [0.1, 0.15) is 82.5 Å². The lowest BCUT2D eigenvalue weighted by Gasteiger charge is -2.33. The van der Waals surface area contributed by atoms with Crippen molar-refractivity contribution in [2.24, 2.45) is 11.8 Å². The standard InChI is InChI=1S/C41H42IN7O5/c1-22(2)35(47-39(51)53-6)38(50)48-31-14-12-27(31)17-32(48)37-44-21-30(46-37)26-11-10-24-15-23(7-9-25(24)16-26)8-13-28-20-43-36(45-28)33-18-29-34(19-42-29)49(33)40(52)54-41(3,4)5/h7,9-11,15-16,19-22,27,29,31-35H,17-18H2,1-6H3,(H,43,45)(H,44,46)(H,47,51)/t27-,29-,31-,32+,33+,34-,35+/m1/s1. The molecule has 1 aliphatic carbocycles. The normalized spacial score (nSPS) is 24.1. The largest absolute Gasteiger partial charge is 0.453 e. The maximum absolute atomic E-state index is 13.9. The van der Waals surface area contributed by atoms with Crippen molar-refractivity contribution in [1.29, 1.82) is 0 Å². The fraction of sp³-hybridized carbons (Fsp3) is 0.415. The molecule has 2 fully saturated rings. The number of rotatable bonds is 6. The first-order valence-corrected chi connectivity index (χ1v) is 20.7. The smallest absolute Gasteiger partial charge is 0.411 e. The maximum Gasteiger partial charge on any atom is 0.411 e. The molecule has 0 spiro atoms. The Labute approximate surface area is 323 Å². The number of likely N-dealkylation sites (tertiary alicyclic amines) is 2. The number of hydrogen-bond acceptors (Lipinski definition) is 7. The van der Waals surface area contributed by atoms with Crippen molar-refractivity contribution in [3.05, 3.63) is 71.7 Å². The van der Waals surface area contributed by atoms with Gasteiger partial charge in [-0.1, -0.05) is 49.8 Å². The lowest BCUT2D eigenvalue weighted by molar-refractivity contribution is -0.137. The first-order chi connectivity index (χ1) is 25.9. The Kier molecular flexibility index (Phi) is 9.25. The molecule has 0 radical (unpaired) electrons. The number of imidazole rings is 2. The molecule has 3 aliphatic heterocycles. The molecule has 2 aromatic carbocycles. The number of benzene rings is 2. The van der Waals surface area contributed by atoms with Crippen LogP contribution in [0.25, 0.3) is 22.0 Å². The first kappa shape index (κ1) is 35.9. The molecular weight excluding hydrogens is 797 g/mol. The summed E-state index contributed by atoms with van der Waals surface area (Å²) in [6.45, 7) is 9.45. The van der Waals surface area contributed by atoms with Gasteiger partial charge in [0, 0.05) is 15.1 Å². The van der Waals surface area contributed by atoms with E-state index >= 15 is 0 Å².